The molecule has 0 fully saturated rings. The van der Waals surface area contributed by atoms with E-state index in [-0.39, 0.29) is 12.6 Å². The lowest BCUT2D eigenvalue weighted by Crippen LogP contribution is -2.15. The van der Waals surface area contributed by atoms with Gasteiger partial charge in [0.25, 0.3) is 0 Å². The monoisotopic (exact) mass is 157 g/mol. The van der Waals surface area contributed by atoms with Crippen molar-refractivity contribution in [3.8, 4) is 0 Å². The highest BCUT2D eigenvalue weighted by Crippen LogP contribution is 2.01. The van der Waals surface area contributed by atoms with Gasteiger partial charge >= 0.3 is 0 Å². The molecule has 0 aliphatic rings. The van der Waals surface area contributed by atoms with Crippen molar-refractivity contribution in [2.24, 2.45) is 5.73 Å². The molecule has 1 aromatic rings. The summed E-state index contributed by atoms with van der Waals surface area (Å²) in [5, 5.41) is 19.4. The van der Waals surface area contributed by atoms with Crippen LogP contribution in [0.1, 0.15) is 18.8 Å². The fraction of sp³-hybridized carbons (Fsp3) is 0.800. The maximum atomic E-state index is 8.59. The predicted molar refractivity (Wildman–Crippen MR) is 37.5 cm³/mol. The summed E-state index contributed by atoms with van der Waals surface area (Å²) in [6, 6.07) is -0.198. The van der Waals surface area contributed by atoms with Crippen LogP contribution < -0.4 is 5.73 Å². The van der Waals surface area contributed by atoms with Crippen LogP contribution in [-0.4, -0.2) is 31.9 Å². The van der Waals surface area contributed by atoms with Gasteiger partial charge in [0.2, 0.25) is 0 Å². The minimum atomic E-state index is -0.198. The molecule has 62 valence electrons. The van der Waals surface area contributed by atoms with E-state index in [4.69, 9.17) is 10.8 Å². The second kappa shape index (κ2) is 3.40. The van der Waals surface area contributed by atoms with E-state index in [1.54, 1.807) is 6.92 Å². The van der Waals surface area contributed by atoms with Crippen LogP contribution in [0, 0.1) is 0 Å². The van der Waals surface area contributed by atoms with Gasteiger partial charge in [0, 0.05) is 0 Å². The first kappa shape index (κ1) is 8.09. The molecule has 0 radical (unpaired) electrons. The van der Waals surface area contributed by atoms with E-state index < -0.39 is 0 Å². The van der Waals surface area contributed by atoms with Crippen molar-refractivity contribution in [2.75, 3.05) is 6.61 Å². The van der Waals surface area contributed by atoms with Gasteiger partial charge in [-0.3, -0.25) is 0 Å². The zero-order valence-electron chi connectivity index (χ0n) is 6.30. The van der Waals surface area contributed by atoms with Crippen LogP contribution in [0.25, 0.3) is 0 Å². The van der Waals surface area contributed by atoms with Gasteiger partial charge in [0.1, 0.15) is 0 Å². The zero-order valence-corrected chi connectivity index (χ0v) is 6.30. The summed E-state index contributed by atoms with van der Waals surface area (Å²) in [5.41, 5.74) is 5.54. The molecule has 0 saturated heterocycles. The molecule has 0 saturated carbocycles. The van der Waals surface area contributed by atoms with Gasteiger partial charge in [-0.1, -0.05) is 0 Å². The molecule has 11 heavy (non-hydrogen) atoms. The van der Waals surface area contributed by atoms with Crippen molar-refractivity contribution in [1.29, 1.82) is 0 Å². The van der Waals surface area contributed by atoms with E-state index in [1.165, 1.54) is 4.68 Å². The molecule has 0 aliphatic heterocycles. The molecular formula is C5H11N5O. The van der Waals surface area contributed by atoms with Gasteiger partial charge in [0.05, 0.1) is 19.2 Å². The Balaban J connectivity index is 2.78. The first-order valence-electron chi connectivity index (χ1n) is 3.38. The molecule has 1 atom stereocenters. The fourth-order valence-corrected chi connectivity index (χ4v) is 0.792. The maximum absolute atomic E-state index is 8.59. The van der Waals surface area contributed by atoms with E-state index in [1.807, 2.05) is 0 Å². The molecule has 0 bridgehead atoms. The Labute approximate surface area is 64.0 Å². The highest BCUT2D eigenvalue weighted by atomic mass is 16.3. The SMILES string of the molecule is CC(N)c1nnnn1CCO. The molecule has 1 rings (SSSR count). The number of rotatable bonds is 3. The Kier molecular flexibility index (Phi) is 2.50. The highest BCUT2D eigenvalue weighted by molar-refractivity contribution is 4.86. The maximum Gasteiger partial charge on any atom is 0.167 e. The average Bonchev–Trinajstić information content (AvgIpc) is 2.36. The molecule has 0 amide bonds. The molecule has 0 aliphatic carbocycles. The molecule has 1 heterocycles. The van der Waals surface area contributed by atoms with Crippen molar-refractivity contribution in [3.63, 3.8) is 0 Å². The molecule has 1 unspecified atom stereocenters. The molecule has 1 aromatic heterocycles. The van der Waals surface area contributed by atoms with E-state index in [9.17, 15) is 0 Å². The van der Waals surface area contributed by atoms with Gasteiger partial charge < -0.3 is 10.8 Å². The number of nitrogens with zero attached hydrogens (tertiary/aromatic N) is 4. The van der Waals surface area contributed by atoms with Crippen LogP contribution in [0.15, 0.2) is 0 Å². The second-order valence-corrected chi connectivity index (χ2v) is 2.27. The predicted octanol–water partition coefficient (Wildman–Crippen LogP) is -1.31. The third-order valence-corrected chi connectivity index (χ3v) is 1.28. The van der Waals surface area contributed by atoms with Crippen LogP contribution in [0.3, 0.4) is 0 Å². The standard InChI is InChI=1S/C5H11N5O/c1-4(6)5-7-8-9-10(5)2-3-11/h4,11H,2-3,6H2,1H3. The van der Waals surface area contributed by atoms with Gasteiger partial charge in [-0.25, -0.2) is 4.68 Å². The third kappa shape index (κ3) is 1.72. The van der Waals surface area contributed by atoms with E-state index >= 15 is 0 Å². The van der Waals surface area contributed by atoms with Gasteiger partial charge in [-0.05, 0) is 17.4 Å². The zero-order chi connectivity index (χ0) is 8.27. The van der Waals surface area contributed by atoms with Gasteiger partial charge in [-0.2, -0.15) is 0 Å². The number of hydrogen-bond donors (Lipinski definition) is 2. The average molecular weight is 157 g/mol. The van der Waals surface area contributed by atoms with Crippen LogP contribution in [-0.2, 0) is 6.54 Å². The summed E-state index contributed by atoms with van der Waals surface area (Å²) < 4.78 is 1.49. The largest absolute Gasteiger partial charge is 0.394 e. The van der Waals surface area contributed by atoms with Crippen LogP contribution >= 0.6 is 0 Å². The Morgan fingerprint density at radius 1 is 1.73 bits per heavy atom. The van der Waals surface area contributed by atoms with Crippen molar-refractivity contribution in [2.45, 2.75) is 19.5 Å². The minimum Gasteiger partial charge on any atom is -0.394 e. The topological polar surface area (TPSA) is 89.9 Å². The quantitative estimate of drug-likeness (QED) is 0.568. The fourth-order valence-electron chi connectivity index (χ4n) is 0.792. The summed E-state index contributed by atoms with van der Waals surface area (Å²) in [4.78, 5) is 0. The minimum absolute atomic E-state index is 0.0186. The van der Waals surface area contributed by atoms with E-state index in [0.29, 0.717) is 12.4 Å². The lowest BCUT2D eigenvalue weighted by molar-refractivity contribution is 0.265. The van der Waals surface area contributed by atoms with E-state index in [2.05, 4.69) is 15.5 Å². The van der Waals surface area contributed by atoms with Crippen molar-refractivity contribution in [3.05, 3.63) is 5.82 Å². The van der Waals surface area contributed by atoms with E-state index in [0.717, 1.165) is 0 Å². The number of aliphatic hydroxyl groups excluding tert-OH is 1. The number of tetrazole rings is 1. The Morgan fingerprint density at radius 2 is 2.45 bits per heavy atom. The lowest BCUT2D eigenvalue weighted by atomic mass is 10.3. The van der Waals surface area contributed by atoms with Crippen molar-refractivity contribution in [1.82, 2.24) is 20.2 Å². The van der Waals surface area contributed by atoms with Crippen LogP contribution in [0.5, 0.6) is 0 Å². The summed E-state index contributed by atoms with van der Waals surface area (Å²) >= 11 is 0. The first-order chi connectivity index (χ1) is 5.25. The molecule has 6 nitrogen and oxygen atoms in total. The molecular weight excluding hydrogens is 146 g/mol. The molecule has 6 heteroatoms. The summed E-state index contributed by atoms with van der Waals surface area (Å²) in [6.07, 6.45) is 0. The summed E-state index contributed by atoms with van der Waals surface area (Å²) in [7, 11) is 0. The van der Waals surface area contributed by atoms with Crippen LogP contribution in [0.2, 0.25) is 0 Å². The summed E-state index contributed by atoms with van der Waals surface area (Å²) in [6.45, 7) is 2.20. The number of aromatic nitrogens is 4. The molecule has 0 aromatic carbocycles. The molecule has 0 spiro atoms. The Hall–Kier alpha value is -1.01. The smallest absolute Gasteiger partial charge is 0.167 e. The van der Waals surface area contributed by atoms with Crippen molar-refractivity contribution < 1.29 is 5.11 Å². The normalized spacial score (nSPS) is 13.4. The Bertz CT molecular complexity index is 220. The summed E-state index contributed by atoms with van der Waals surface area (Å²) in [5.74, 6) is 0.596. The highest BCUT2D eigenvalue weighted by Gasteiger charge is 2.08. The third-order valence-electron chi connectivity index (χ3n) is 1.28. The van der Waals surface area contributed by atoms with Gasteiger partial charge in [-0.15, -0.1) is 5.10 Å². The lowest BCUT2D eigenvalue weighted by Gasteiger charge is -2.03. The number of nitrogens with two attached hydrogens (primary N) is 1. The second-order valence-electron chi connectivity index (χ2n) is 2.27. The first-order valence-corrected chi connectivity index (χ1v) is 3.38. The number of hydrogen-bond acceptors (Lipinski definition) is 5. The number of aliphatic hydroxyl groups is 1. The van der Waals surface area contributed by atoms with Crippen LogP contribution in [0.4, 0.5) is 0 Å². The van der Waals surface area contributed by atoms with Crippen molar-refractivity contribution >= 4 is 0 Å². The van der Waals surface area contributed by atoms with Gasteiger partial charge in [0.15, 0.2) is 5.82 Å². The molecule has 3 N–H and O–H groups in total. The Morgan fingerprint density at radius 3 is 3.00 bits per heavy atom.